The van der Waals surface area contributed by atoms with Crippen molar-refractivity contribution in [2.45, 2.75) is 38.0 Å². The SMILES string of the molecule is CCNC(CCCS(C)(=O)=O)c1cc2c(s1)CCSC2. The Morgan fingerprint density at radius 3 is 2.90 bits per heavy atom. The van der Waals surface area contributed by atoms with Crippen molar-refractivity contribution in [1.29, 1.82) is 0 Å². The number of fused-ring (bicyclic) bond motifs is 1. The molecule has 1 aromatic heterocycles. The molecular weight excluding hydrogens is 310 g/mol. The molecule has 0 spiro atoms. The molecule has 0 saturated carbocycles. The van der Waals surface area contributed by atoms with E-state index in [2.05, 4.69) is 18.3 Å². The van der Waals surface area contributed by atoms with Crippen LogP contribution in [0.25, 0.3) is 0 Å². The highest BCUT2D eigenvalue weighted by Gasteiger charge is 2.19. The zero-order valence-electron chi connectivity index (χ0n) is 12.1. The average Bonchev–Trinajstić information content (AvgIpc) is 2.80. The maximum atomic E-state index is 11.2. The lowest BCUT2D eigenvalue weighted by Gasteiger charge is -2.16. The fourth-order valence-electron chi connectivity index (χ4n) is 2.48. The van der Waals surface area contributed by atoms with E-state index < -0.39 is 9.84 Å². The van der Waals surface area contributed by atoms with E-state index in [0.717, 1.165) is 25.1 Å². The number of thiophene rings is 1. The normalized spacial score (nSPS) is 16.9. The summed E-state index contributed by atoms with van der Waals surface area (Å²) in [4.78, 5) is 2.91. The highest BCUT2D eigenvalue weighted by molar-refractivity contribution is 7.98. The first-order chi connectivity index (χ1) is 9.49. The molecule has 1 aromatic rings. The van der Waals surface area contributed by atoms with Crippen LogP contribution < -0.4 is 5.32 Å². The van der Waals surface area contributed by atoms with Gasteiger partial charge in [0, 0.05) is 33.6 Å². The number of sulfone groups is 1. The van der Waals surface area contributed by atoms with Gasteiger partial charge in [-0.2, -0.15) is 11.8 Å². The predicted molar refractivity (Wildman–Crippen MR) is 89.5 cm³/mol. The van der Waals surface area contributed by atoms with Gasteiger partial charge in [-0.3, -0.25) is 0 Å². The van der Waals surface area contributed by atoms with Gasteiger partial charge < -0.3 is 5.32 Å². The molecule has 0 bridgehead atoms. The van der Waals surface area contributed by atoms with E-state index >= 15 is 0 Å². The number of thioether (sulfide) groups is 1. The molecule has 114 valence electrons. The van der Waals surface area contributed by atoms with Gasteiger partial charge in [0.2, 0.25) is 0 Å². The van der Waals surface area contributed by atoms with E-state index in [-0.39, 0.29) is 5.75 Å². The molecule has 0 aliphatic carbocycles. The number of hydrogen-bond donors (Lipinski definition) is 1. The van der Waals surface area contributed by atoms with Crippen LogP contribution in [-0.4, -0.2) is 32.7 Å². The highest BCUT2D eigenvalue weighted by atomic mass is 32.2. The molecule has 0 aromatic carbocycles. The minimum atomic E-state index is -2.85. The largest absolute Gasteiger partial charge is 0.310 e. The third-order valence-electron chi connectivity index (χ3n) is 3.45. The molecule has 0 radical (unpaired) electrons. The monoisotopic (exact) mass is 333 g/mol. The van der Waals surface area contributed by atoms with E-state index in [9.17, 15) is 8.42 Å². The summed E-state index contributed by atoms with van der Waals surface area (Å²) in [6.07, 6.45) is 4.13. The molecule has 1 aliphatic heterocycles. The fourth-order valence-corrected chi connectivity index (χ4v) is 5.66. The second kappa shape index (κ2) is 7.29. The molecule has 0 amide bonds. The predicted octanol–water partition coefficient (Wildman–Crippen LogP) is 3.01. The van der Waals surface area contributed by atoms with Crippen molar-refractivity contribution >= 4 is 32.9 Å². The van der Waals surface area contributed by atoms with E-state index in [1.54, 1.807) is 0 Å². The van der Waals surface area contributed by atoms with Gasteiger partial charge in [0.05, 0.1) is 0 Å². The zero-order chi connectivity index (χ0) is 14.6. The third-order valence-corrected chi connectivity index (χ3v) is 6.84. The molecule has 1 N–H and O–H groups in total. The molecule has 1 unspecified atom stereocenters. The number of nitrogens with one attached hydrogen (secondary N) is 1. The van der Waals surface area contributed by atoms with Gasteiger partial charge in [-0.25, -0.2) is 8.42 Å². The third kappa shape index (κ3) is 4.76. The molecule has 2 heterocycles. The Balaban J connectivity index is 2.02. The topological polar surface area (TPSA) is 46.2 Å². The zero-order valence-corrected chi connectivity index (χ0v) is 14.6. The van der Waals surface area contributed by atoms with E-state index in [1.807, 2.05) is 23.1 Å². The maximum Gasteiger partial charge on any atom is 0.147 e. The van der Waals surface area contributed by atoms with Crippen molar-refractivity contribution in [1.82, 2.24) is 5.32 Å². The van der Waals surface area contributed by atoms with Crippen molar-refractivity contribution in [3.05, 3.63) is 21.4 Å². The van der Waals surface area contributed by atoms with Crippen LogP contribution in [0.3, 0.4) is 0 Å². The summed E-state index contributed by atoms with van der Waals surface area (Å²) in [5.41, 5.74) is 1.49. The highest BCUT2D eigenvalue weighted by Crippen LogP contribution is 2.35. The van der Waals surface area contributed by atoms with Crippen molar-refractivity contribution in [2.24, 2.45) is 0 Å². The summed E-state index contributed by atoms with van der Waals surface area (Å²) in [6.45, 7) is 3.02. The van der Waals surface area contributed by atoms with Crippen molar-refractivity contribution in [2.75, 3.05) is 24.3 Å². The van der Waals surface area contributed by atoms with E-state index in [1.165, 1.54) is 33.7 Å². The Hall–Kier alpha value is -0.0400. The van der Waals surface area contributed by atoms with E-state index in [0.29, 0.717) is 6.04 Å². The number of aryl methyl sites for hydroxylation is 1. The molecular formula is C14H23NO2S3. The fraction of sp³-hybridized carbons (Fsp3) is 0.714. The van der Waals surface area contributed by atoms with Crippen LogP contribution in [0.4, 0.5) is 0 Å². The lowest BCUT2D eigenvalue weighted by molar-refractivity contribution is 0.514. The van der Waals surface area contributed by atoms with Crippen molar-refractivity contribution in [3.63, 3.8) is 0 Å². The van der Waals surface area contributed by atoms with Crippen LogP contribution in [0.15, 0.2) is 6.07 Å². The Morgan fingerprint density at radius 1 is 1.45 bits per heavy atom. The molecule has 20 heavy (non-hydrogen) atoms. The van der Waals surface area contributed by atoms with Crippen LogP contribution in [0.5, 0.6) is 0 Å². The Kier molecular flexibility index (Phi) is 5.95. The average molecular weight is 334 g/mol. The lowest BCUT2D eigenvalue weighted by atomic mass is 10.1. The van der Waals surface area contributed by atoms with Crippen molar-refractivity contribution in [3.8, 4) is 0 Å². The van der Waals surface area contributed by atoms with Gasteiger partial charge in [0.15, 0.2) is 0 Å². The molecule has 3 nitrogen and oxygen atoms in total. The summed E-state index contributed by atoms with van der Waals surface area (Å²) < 4.78 is 22.5. The van der Waals surface area contributed by atoms with Gasteiger partial charge in [0.25, 0.3) is 0 Å². The van der Waals surface area contributed by atoms with Gasteiger partial charge in [-0.1, -0.05) is 6.92 Å². The van der Waals surface area contributed by atoms with Gasteiger partial charge in [-0.15, -0.1) is 11.3 Å². The van der Waals surface area contributed by atoms with Gasteiger partial charge in [0.1, 0.15) is 9.84 Å². The number of hydrogen-bond acceptors (Lipinski definition) is 5. The van der Waals surface area contributed by atoms with Crippen LogP contribution in [-0.2, 0) is 22.0 Å². The lowest BCUT2D eigenvalue weighted by Crippen LogP contribution is -2.20. The first-order valence-corrected chi connectivity index (χ1v) is 11.1. The summed E-state index contributed by atoms with van der Waals surface area (Å²) in [6, 6.07) is 2.64. The summed E-state index contributed by atoms with van der Waals surface area (Å²) in [7, 11) is -2.85. The van der Waals surface area contributed by atoms with Crippen molar-refractivity contribution < 1.29 is 8.42 Å². The summed E-state index contributed by atoms with van der Waals surface area (Å²) >= 11 is 3.92. The molecule has 0 saturated heterocycles. The van der Waals surface area contributed by atoms with E-state index in [4.69, 9.17) is 0 Å². The first-order valence-electron chi connectivity index (χ1n) is 7.10. The summed E-state index contributed by atoms with van der Waals surface area (Å²) in [5.74, 6) is 2.65. The smallest absolute Gasteiger partial charge is 0.147 e. The number of rotatable bonds is 7. The van der Waals surface area contributed by atoms with Crippen LogP contribution in [0.1, 0.15) is 41.1 Å². The second-order valence-corrected chi connectivity index (χ2v) is 9.82. The minimum absolute atomic E-state index is 0.288. The standard InChI is InChI=1S/C14H23NO2S3/c1-3-15-12(5-4-8-20(2,16)17)14-9-11-10-18-7-6-13(11)19-14/h9,12,15H,3-8,10H2,1-2H3. The minimum Gasteiger partial charge on any atom is -0.310 e. The summed E-state index contributed by atoms with van der Waals surface area (Å²) in [5, 5.41) is 3.50. The quantitative estimate of drug-likeness (QED) is 0.833. The van der Waals surface area contributed by atoms with Crippen LogP contribution >= 0.6 is 23.1 Å². The molecule has 1 atom stereocenters. The molecule has 6 heteroatoms. The molecule has 0 fully saturated rings. The Labute approximate surface area is 130 Å². The Morgan fingerprint density at radius 2 is 2.25 bits per heavy atom. The maximum absolute atomic E-state index is 11.2. The second-order valence-electron chi connectivity index (χ2n) is 5.28. The molecule has 1 aliphatic rings. The van der Waals surface area contributed by atoms with Crippen LogP contribution in [0.2, 0.25) is 0 Å². The first kappa shape index (κ1) is 16.3. The Bertz CT molecular complexity index is 513. The van der Waals surface area contributed by atoms with Crippen LogP contribution in [0, 0.1) is 0 Å². The van der Waals surface area contributed by atoms with Gasteiger partial charge >= 0.3 is 0 Å². The molecule has 2 rings (SSSR count). The van der Waals surface area contributed by atoms with Gasteiger partial charge in [-0.05, 0) is 43.2 Å².